The van der Waals surface area contributed by atoms with Gasteiger partial charge in [0.25, 0.3) is 11.5 Å². The third-order valence-corrected chi connectivity index (χ3v) is 8.34. The third kappa shape index (κ3) is 6.73. The predicted octanol–water partition coefficient (Wildman–Crippen LogP) is 7.15. The number of nitrogens with one attached hydrogen (secondary N) is 3. The Morgan fingerprint density at radius 2 is 1.82 bits per heavy atom. The van der Waals surface area contributed by atoms with Crippen LogP contribution in [0.2, 0.25) is 5.02 Å². The van der Waals surface area contributed by atoms with Crippen LogP contribution in [-0.2, 0) is 6.42 Å². The van der Waals surface area contributed by atoms with E-state index in [-0.39, 0.29) is 17.0 Å². The molecule has 2 aliphatic rings. The minimum atomic E-state index is -0.347. The fraction of sp³-hybridized carbons (Fsp3) is 0.469. The average Bonchev–Trinajstić information content (AvgIpc) is 2.90. The molecule has 39 heavy (non-hydrogen) atoms. The largest absolute Gasteiger partial charge is 0.384 e. The standard InChI is InChI=1S/C32H39ClN4O2/c1-21-16-22-18-23(17-21)29-28(19-22)37-27-20-24(33)11-12-25(27)30(29)34-13-7-5-3-2-4-6-8-14-35-31(38)26-10-9-15-36-32(26)39/h9-12,15-16,20,22-23H,2-8,13-14,17-19H2,1H3,(H,34,37)(H,35,38)(H,36,39). The van der Waals surface area contributed by atoms with Gasteiger partial charge in [0.05, 0.1) is 5.52 Å². The summed E-state index contributed by atoms with van der Waals surface area (Å²) in [5, 5.41) is 8.60. The normalized spacial score (nSPS) is 17.9. The number of nitrogens with zero attached hydrogens (tertiary/aromatic N) is 1. The van der Waals surface area contributed by atoms with Gasteiger partial charge in [0, 0.05) is 46.6 Å². The summed E-state index contributed by atoms with van der Waals surface area (Å²) >= 11 is 6.33. The molecule has 2 heterocycles. The number of hydrogen-bond acceptors (Lipinski definition) is 4. The number of unbranched alkanes of at least 4 members (excludes halogenated alkanes) is 6. The summed E-state index contributed by atoms with van der Waals surface area (Å²) in [4.78, 5) is 31.4. The van der Waals surface area contributed by atoms with Crippen molar-refractivity contribution >= 4 is 34.1 Å². The quantitative estimate of drug-likeness (QED) is 0.166. The lowest BCUT2D eigenvalue weighted by Crippen LogP contribution is -2.29. The molecular weight excluding hydrogens is 508 g/mol. The first kappa shape index (κ1) is 27.4. The van der Waals surface area contributed by atoms with Crippen molar-refractivity contribution in [3.8, 4) is 0 Å². The van der Waals surface area contributed by atoms with E-state index in [4.69, 9.17) is 16.6 Å². The van der Waals surface area contributed by atoms with Gasteiger partial charge in [0.2, 0.25) is 0 Å². The number of fused-ring (bicyclic) bond motifs is 5. The first-order valence-electron chi connectivity index (χ1n) is 14.5. The zero-order chi connectivity index (χ0) is 27.2. The van der Waals surface area contributed by atoms with Crippen LogP contribution in [0, 0.1) is 5.92 Å². The maximum absolute atomic E-state index is 12.1. The Bertz CT molecular complexity index is 1410. The number of carbonyl (C=O) groups excluding carboxylic acids is 1. The minimum absolute atomic E-state index is 0.171. The number of benzene rings is 1. The number of hydrogen-bond donors (Lipinski definition) is 3. The van der Waals surface area contributed by atoms with Gasteiger partial charge in [-0.05, 0) is 81.2 Å². The van der Waals surface area contributed by atoms with Crippen LogP contribution in [0.25, 0.3) is 10.9 Å². The van der Waals surface area contributed by atoms with Crippen LogP contribution in [0.5, 0.6) is 0 Å². The molecule has 1 amide bonds. The lowest BCUT2D eigenvalue weighted by atomic mass is 9.71. The van der Waals surface area contributed by atoms with Gasteiger partial charge in [0.1, 0.15) is 5.56 Å². The van der Waals surface area contributed by atoms with E-state index in [0.29, 0.717) is 18.4 Å². The van der Waals surface area contributed by atoms with Crippen molar-refractivity contribution in [3.05, 3.63) is 80.4 Å². The summed E-state index contributed by atoms with van der Waals surface area (Å²) in [6.07, 6.45) is 15.3. The van der Waals surface area contributed by atoms with E-state index in [1.807, 2.05) is 12.1 Å². The molecule has 0 aliphatic heterocycles. The molecule has 5 rings (SSSR count). The molecule has 2 aromatic heterocycles. The Balaban J connectivity index is 1.05. The van der Waals surface area contributed by atoms with Crippen molar-refractivity contribution in [2.45, 2.75) is 77.0 Å². The summed E-state index contributed by atoms with van der Waals surface area (Å²) < 4.78 is 0. The van der Waals surface area contributed by atoms with Crippen LogP contribution in [-0.4, -0.2) is 29.0 Å². The maximum atomic E-state index is 12.1. The minimum Gasteiger partial charge on any atom is -0.384 e. The molecule has 0 spiro atoms. The number of allylic oxidation sites excluding steroid dienone is 2. The maximum Gasteiger partial charge on any atom is 0.260 e. The number of amides is 1. The summed E-state index contributed by atoms with van der Waals surface area (Å²) in [6, 6.07) is 9.32. The number of aromatic nitrogens is 2. The van der Waals surface area contributed by atoms with E-state index >= 15 is 0 Å². The van der Waals surface area contributed by atoms with E-state index in [1.54, 1.807) is 12.1 Å². The topological polar surface area (TPSA) is 86.9 Å². The average molecular weight is 547 g/mol. The Morgan fingerprint density at radius 3 is 2.62 bits per heavy atom. The number of halogens is 1. The van der Waals surface area contributed by atoms with Crippen LogP contribution in [0.4, 0.5) is 5.69 Å². The van der Waals surface area contributed by atoms with Gasteiger partial charge < -0.3 is 15.6 Å². The lowest BCUT2D eigenvalue weighted by molar-refractivity contribution is 0.0951. The molecule has 6 nitrogen and oxygen atoms in total. The number of rotatable bonds is 12. The highest BCUT2D eigenvalue weighted by molar-refractivity contribution is 6.31. The fourth-order valence-electron chi connectivity index (χ4n) is 6.32. The number of aromatic amines is 1. The number of H-pyrrole nitrogens is 1. The van der Waals surface area contributed by atoms with E-state index < -0.39 is 0 Å². The van der Waals surface area contributed by atoms with Crippen molar-refractivity contribution in [3.63, 3.8) is 0 Å². The summed E-state index contributed by atoms with van der Waals surface area (Å²) in [7, 11) is 0. The Morgan fingerprint density at radius 1 is 1.05 bits per heavy atom. The van der Waals surface area contributed by atoms with Crippen LogP contribution < -0.4 is 16.2 Å². The second kappa shape index (κ2) is 12.8. The zero-order valence-corrected chi connectivity index (χ0v) is 23.6. The smallest absolute Gasteiger partial charge is 0.260 e. The molecule has 0 radical (unpaired) electrons. The molecule has 3 aromatic rings. The highest BCUT2D eigenvalue weighted by Gasteiger charge is 2.33. The lowest BCUT2D eigenvalue weighted by Gasteiger charge is -2.36. The summed E-state index contributed by atoms with van der Waals surface area (Å²) in [6.45, 7) is 3.84. The molecule has 0 saturated carbocycles. The van der Waals surface area contributed by atoms with E-state index in [9.17, 15) is 9.59 Å². The first-order valence-corrected chi connectivity index (χ1v) is 14.9. The fourth-order valence-corrected chi connectivity index (χ4v) is 6.49. The van der Waals surface area contributed by atoms with Crippen LogP contribution >= 0.6 is 11.6 Å². The SMILES string of the molecule is CC1=CC2Cc3nc4cc(Cl)ccc4c(NCCCCCCCCCNC(=O)c4ccc[nH]c4=O)c3C(C1)C2. The van der Waals surface area contributed by atoms with Gasteiger partial charge in [-0.2, -0.15) is 0 Å². The summed E-state index contributed by atoms with van der Waals surface area (Å²) in [5.74, 6) is 0.861. The highest BCUT2D eigenvalue weighted by atomic mass is 35.5. The van der Waals surface area contributed by atoms with Crippen LogP contribution in [0.3, 0.4) is 0 Å². The molecule has 2 aliphatic carbocycles. The van der Waals surface area contributed by atoms with Crippen molar-refractivity contribution in [2.75, 3.05) is 18.4 Å². The molecular formula is C32H39ClN4O2. The van der Waals surface area contributed by atoms with Gasteiger partial charge in [0.15, 0.2) is 0 Å². The molecule has 0 saturated heterocycles. The summed E-state index contributed by atoms with van der Waals surface area (Å²) in [5.41, 5.74) is 6.31. The van der Waals surface area contributed by atoms with Crippen LogP contribution in [0.15, 0.2) is 53.0 Å². The molecule has 2 atom stereocenters. The van der Waals surface area contributed by atoms with Crippen molar-refractivity contribution < 1.29 is 4.79 Å². The molecule has 206 valence electrons. The van der Waals surface area contributed by atoms with Crippen molar-refractivity contribution in [2.24, 2.45) is 5.92 Å². The zero-order valence-electron chi connectivity index (χ0n) is 22.8. The molecule has 2 bridgehead atoms. The van der Waals surface area contributed by atoms with Crippen molar-refractivity contribution in [1.29, 1.82) is 0 Å². The third-order valence-electron chi connectivity index (χ3n) is 8.11. The van der Waals surface area contributed by atoms with Gasteiger partial charge >= 0.3 is 0 Å². The molecule has 2 unspecified atom stereocenters. The van der Waals surface area contributed by atoms with Crippen LogP contribution in [0.1, 0.15) is 92.2 Å². The number of carbonyl (C=O) groups is 1. The Kier molecular flexibility index (Phi) is 9.02. The number of anilines is 1. The van der Waals surface area contributed by atoms with Gasteiger partial charge in [-0.3, -0.25) is 14.6 Å². The van der Waals surface area contributed by atoms with Gasteiger partial charge in [-0.1, -0.05) is 55.4 Å². The molecule has 0 fully saturated rings. The second-order valence-electron chi connectivity index (χ2n) is 11.2. The van der Waals surface area contributed by atoms with E-state index in [0.717, 1.165) is 55.6 Å². The molecule has 1 aromatic carbocycles. The van der Waals surface area contributed by atoms with Gasteiger partial charge in [-0.15, -0.1) is 0 Å². The van der Waals surface area contributed by atoms with Gasteiger partial charge in [-0.25, -0.2) is 0 Å². The first-order chi connectivity index (χ1) is 19.0. The van der Waals surface area contributed by atoms with E-state index in [2.05, 4.69) is 34.7 Å². The number of pyridine rings is 2. The Hall–Kier alpha value is -3.12. The predicted molar refractivity (Wildman–Crippen MR) is 160 cm³/mol. The highest BCUT2D eigenvalue weighted by Crippen LogP contribution is 2.47. The Labute approximate surface area is 235 Å². The van der Waals surface area contributed by atoms with E-state index in [1.165, 1.54) is 59.8 Å². The molecule has 7 heteroatoms. The molecule has 3 N–H and O–H groups in total. The second-order valence-corrected chi connectivity index (χ2v) is 11.6. The van der Waals surface area contributed by atoms with Crippen molar-refractivity contribution in [1.82, 2.24) is 15.3 Å². The monoisotopic (exact) mass is 546 g/mol.